The van der Waals surface area contributed by atoms with E-state index in [4.69, 9.17) is 20.9 Å². The van der Waals surface area contributed by atoms with Crippen LogP contribution >= 0.6 is 0 Å². The molecule has 7 heteroatoms. The molecular formula is C22H21N5O2. The lowest BCUT2D eigenvalue weighted by Crippen LogP contribution is -2.36. The molecule has 0 unspecified atom stereocenters. The number of para-hydroxylation sites is 2. The Labute approximate surface area is 168 Å². The molecule has 4 N–H and O–H groups in total. The van der Waals surface area contributed by atoms with Gasteiger partial charge in [0.05, 0.1) is 24.2 Å². The number of rotatable bonds is 6. The fourth-order valence-corrected chi connectivity index (χ4v) is 3.32. The summed E-state index contributed by atoms with van der Waals surface area (Å²) in [5, 5.41) is 0. The summed E-state index contributed by atoms with van der Waals surface area (Å²) in [4.78, 5) is 8.40. The fourth-order valence-electron chi connectivity index (χ4n) is 3.32. The van der Waals surface area contributed by atoms with Gasteiger partial charge < -0.3 is 14.0 Å². The van der Waals surface area contributed by atoms with Crippen molar-refractivity contribution in [3.63, 3.8) is 0 Å². The number of hydrogen-bond acceptors (Lipinski definition) is 6. The van der Waals surface area contributed by atoms with E-state index in [2.05, 4.69) is 9.97 Å². The van der Waals surface area contributed by atoms with Crippen LogP contribution in [-0.4, -0.2) is 28.0 Å². The molecule has 7 nitrogen and oxygen atoms in total. The molecule has 4 rings (SSSR count). The first-order valence-electron chi connectivity index (χ1n) is 9.07. The third kappa shape index (κ3) is 3.69. The van der Waals surface area contributed by atoms with Crippen LogP contribution in [0.3, 0.4) is 0 Å². The van der Waals surface area contributed by atoms with Gasteiger partial charge in [0.2, 0.25) is 6.35 Å². The van der Waals surface area contributed by atoms with E-state index in [1.165, 1.54) is 6.33 Å². The van der Waals surface area contributed by atoms with E-state index in [9.17, 15) is 0 Å². The summed E-state index contributed by atoms with van der Waals surface area (Å²) in [6.07, 6.45) is 4.21. The summed E-state index contributed by atoms with van der Waals surface area (Å²) >= 11 is 0. The zero-order valence-electron chi connectivity index (χ0n) is 15.9. The van der Waals surface area contributed by atoms with Crippen LogP contribution in [0.1, 0.15) is 0 Å². The van der Waals surface area contributed by atoms with Gasteiger partial charge in [0.15, 0.2) is 0 Å². The SMILES string of the molecule is COc1ccccc1-c1cccc(OC(N)N)c1-n1cccc1-c1ccncn1. The van der Waals surface area contributed by atoms with Crippen molar-refractivity contribution in [1.82, 2.24) is 14.5 Å². The lowest BCUT2D eigenvalue weighted by Gasteiger charge is -2.21. The number of hydrogen-bond donors (Lipinski definition) is 2. The first-order chi connectivity index (χ1) is 14.2. The first kappa shape index (κ1) is 18.7. The summed E-state index contributed by atoms with van der Waals surface area (Å²) in [5.74, 6) is 1.30. The molecule has 0 radical (unpaired) electrons. The van der Waals surface area contributed by atoms with Gasteiger partial charge in [-0.1, -0.05) is 30.3 Å². The van der Waals surface area contributed by atoms with Crippen molar-refractivity contribution in [3.05, 3.63) is 79.4 Å². The highest BCUT2D eigenvalue weighted by atomic mass is 16.5. The quantitative estimate of drug-likeness (QED) is 0.493. The topological polar surface area (TPSA) is 101 Å². The minimum Gasteiger partial charge on any atom is -0.496 e. The van der Waals surface area contributed by atoms with E-state index in [0.717, 1.165) is 34.0 Å². The maximum Gasteiger partial charge on any atom is 0.202 e. The van der Waals surface area contributed by atoms with Crippen LogP contribution in [-0.2, 0) is 0 Å². The lowest BCUT2D eigenvalue weighted by atomic mass is 10.0. The Morgan fingerprint density at radius 2 is 1.69 bits per heavy atom. The predicted octanol–water partition coefficient (Wildman–Crippen LogP) is 3.19. The third-order valence-electron chi connectivity index (χ3n) is 4.49. The second-order valence-electron chi connectivity index (χ2n) is 6.29. The molecule has 29 heavy (non-hydrogen) atoms. The molecule has 0 saturated carbocycles. The normalized spacial score (nSPS) is 10.9. The summed E-state index contributed by atoms with van der Waals surface area (Å²) in [5.41, 5.74) is 15.8. The Morgan fingerprint density at radius 1 is 0.897 bits per heavy atom. The Morgan fingerprint density at radius 3 is 2.45 bits per heavy atom. The third-order valence-corrected chi connectivity index (χ3v) is 4.49. The molecule has 2 aromatic carbocycles. The minimum atomic E-state index is -0.959. The summed E-state index contributed by atoms with van der Waals surface area (Å²) in [6.45, 7) is 0. The van der Waals surface area contributed by atoms with Gasteiger partial charge in [-0.25, -0.2) is 9.97 Å². The van der Waals surface area contributed by atoms with E-state index in [1.807, 2.05) is 71.4 Å². The molecule has 0 atom stereocenters. The molecule has 4 aromatic rings. The molecule has 0 spiro atoms. The second kappa shape index (κ2) is 8.14. The number of ether oxygens (including phenoxy) is 2. The van der Waals surface area contributed by atoms with Crippen molar-refractivity contribution < 1.29 is 9.47 Å². The Hall–Kier alpha value is -3.68. The van der Waals surface area contributed by atoms with Crippen molar-refractivity contribution in [2.75, 3.05) is 7.11 Å². The molecule has 2 aromatic heterocycles. The molecule has 0 bridgehead atoms. The predicted molar refractivity (Wildman–Crippen MR) is 112 cm³/mol. The number of nitrogens with two attached hydrogens (primary N) is 2. The van der Waals surface area contributed by atoms with E-state index in [0.29, 0.717) is 5.75 Å². The smallest absolute Gasteiger partial charge is 0.202 e. The van der Waals surface area contributed by atoms with E-state index in [-0.39, 0.29) is 0 Å². The van der Waals surface area contributed by atoms with Crippen LogP contribution in [0, 0.1) is 0 Å². The summed E-state index contributed by atoms with van der Waals surface area (Å²) in [7, 11) is 1.65. The van der Waals surface area contributed by atoms with Crippen LogP contribution in [0.4, 0.5) is 0 Å². The van der Waals surface area contributed by atoms with Gasteiger partial charge in [0.25, 0.3) is 0 Å². The Balaban J connectivity index is 1.99. The van der Waals surface area contributed by atoms with E-state index >= 15 is 0 Å². The average molecular weight is 387 g/mol. The molecule has 0 amide bonds. The molecule has 2 heterocycles. The van der Waals surface area contributed by atoms with Crippen LogP contribution in [0.2, 0.25) is 0 Å². The summed E-state index contributed by atoms with van der Waals surface area (Å²) < 4.78 is 13.3. The molecule has 0 saturated heterocycles. The van der Waals surface area contributed by atoms with Crippen molar-refractivity contribution in [2.45, 2.75) is 6.35 Å². The maximum atomic E-state index is 5.76. The largest absolute Gasteiger partial charge is 0.496 e. The number of nitrogens with zero attached hydrogens (tertiary/aromatic N) is 3. The van der Waals surface area contributed by atoms with Gasteiger partial charge >= 0.3 is 0 Å². The second-order valence-corrected chi connectivity index (χ2v) is 6.29. The zero-order valence-corrected chi connectivity index (χ0v) is 15.9. The van der Waals surface area contributed by atoms with E-state index in [1.54, 1.807) is 13.3 Å². The van der Waals surface area contributed by atoms with Crippen molar-refractivity contribution in [1.29, 1.82) is 0 Å². The van der Waals surface area contributed by atoms with Crippen molar-refractivity contribution in [3.8, 4) is 39.7 Å². The Bertz CT molecular complexity index is 1110. The molecule has 0 aliphatic carbocycles. The summed E-state index contributed by atoms with van der Waals surface area (Å²) in [6, 6.07) is 19.3. The minimum absolute atomic E-state index is 0.551. The monoisotopic (exact) mass is 387 g/mol. The van der Waals surface area contributed by atoms with Crippen LogP contribution in [0.5, 0.6) is 11.5 Å². The highest BCUT2D eigenvalue weighted by molar-refractivity contribution is 5.82. The highest BCUT2D eigenvalue weighted by Crippen LogP contribution is 2.40. The molecule has 0 aliphatic rings. The standard InChI is InChI=1S/C22H21N5O2/c1-28-19-9-3-2-6-15(19)16-7-4-10-20(29-22(23)24)21(16)27-13-5-8-18(27)17-11-12-25-14-26-17/h2-14,22H,23-24H2,1H3. The van der Waals surface area contributed by atoms with Crippen LogP contribution < -0.4 is 20.9 Å². The van der Waals surface area contributed by atoms with Gasteiger partial charge in [-0.05, 0) is 30.3 Å². The molecule has 146 valence electrons. The van der Waals surface area contributed by atoms with Crippen LogP contribution in [0.15, 0.2) is 79.4 Å². The van der Waals surface area contributed by atoms with Gasteiger partial charge in [-0.2, -0.15) is 0 Å². The van der Waals surface area contributed by atoms with Gasteiger partial charge in [-0.3, -0.25) is 11.5 Å². The first-order valence-corrected chi connectivity index (χ1v) is 9.07. The van der Waals surface area contributed by atoms with Gasteiger partial charge in [0, 0.05) is 23.5 Å². The number of methoxy groups -OCH3 is 1. The van der Waals surface area contributed by atoms with Crippen molar-refractivity contribution >= 4 is 0 Å². The number of benzene rings is 2. The van der Waals surface area contributed by atoms with Crippen LogP contribution in [0.25, 0.3) is 28.2 Å². The lowest BCUT2D eigenvalue weighted by molar-refractivity contribution is 0.217. The highest BCUT2D eigenvalue weighted by Gasteiger charge is 2.19. The number of aromatic nitrogens is 3. The zero-order chi connectivity index (χ0) is 20.2. The molecular weight excluding hydrogens is 366 g/mol. The Kier molecular flexibility index (Phi) is 5.24. The maximum absolute atomic E-state index is 5.76. The van der Waals surface area contributed by atoms with Crippen molar-refractivity contribution in [2.24, 2.45) is 11.5 Å². The van der Waals surface area contributed by atoms with E-state index < -0.39 is 6.35 Å². The molecule has 0 aliphatic heterocycles. The van der Waals surface area contributed by atoms with Gasteiger partial charge in [-0.15, -0.1) is 0 Å². The molecule has 0 fully saturated rings. The average Bonchev–Trinajstić information content (AvgIpc) is 3.23. The fraction of sp³-hybridized carbons (Fsp3) is 0.0909. The van der Waals surface area contributed by atoms with Gasteiger partial charge in [0.1, 0.15) is 17.8 Å².